The number of amides is 2. The summed E-state index contributed by atoms with van der Waals surface area (Å²) in [6, 6.07) is 9.91. The molecule has 1 N–H and O–H groups in total. The van der Waals surface area contributed by atoms with Crippen LogP contribution in [0, 0.1) is 5.92 Å². The van der Waals surface area contributed by atoms with Crippen molar-refractivity contribution in [1.29, 1.82) is 0 Å². The molecule has 0 unspecified atom stereocenters. The number of piperidine rings is 1. The first-order valence-corrected chi connectivity index (χ1v) is 10.4. The van der Waals surface area contributed by atoms with Gasteiger partial charge in [0.1, 0.15) is 0 Å². The van der Waals surface area contributed by atoms with Crippen molar-refractivity contribution in [2.75, 3.05) is 18.4 Å². The van der Waals surface area contributed by atoms with E-state index in [1.165, 1.54) is 11.3 Å². The molecule has 0 bridgehead atoms. The van der Waals surface area contributed by atoms with Gasteiger partial charge in [-0.25, -0.2) is 9.97 Å². The molecular formula is C21H23N5O2S. The Morgan fingerprint density at radius 2 is 1.90 bits per heavy atom. The molecule has 0 saturated carbocycles. The molecule has 3 aromatic rings. The van der Waals surface area contributed by atoms with E-state index in [1.807, 2.05) is 48.1 Å². The number of anilines is 1. The summed E-state index contributed by atoms with van der Waals surface area (Å²) in [5.74, 6) is 0.742. The quantitative estimate of drug-likeness (QED) is 0.716. The largest absolute Gasteiger partial charge is 0.343 e. The number of aryl methyl sites for hydroxylation is 1. The van der Waals surface area contributed by atoms with Gasteiger partial charge in [0.2, 0.25) is 11.8 Å². The topological polar surface area (TPSA) is 80.1 Å². The molecule has 29 heavy (non-hydrogen) atoms. The minimum atomic E-state index is -0.105. The third-order valence-corrected chi connectivity index (χ3v) is 6.21. The highest BCUT2D eigenvalue weighted by Crippen LogP contribution is 2.38. The molecule has 0 atom stereocenters. The van der Waals surface area contributed by atoms with E-state index < -0.39 is 0 Å². The van der Waals surface area contributed by atoms with Gasteiger partial charge in [-0.15, -0.1) is 0 Å². The number of likely N-dealkylation sites (tertiary alicyclic amines) is 1. The number of carbonyl (C=O) groups excluding carboxylic acids is 2. The zero-order valence-electron chi connectivity index (χ0n) is 16.5. The highest BCUT2D eigenvalue weighted by Gasteiger charge is 2.27. The fourth-order valence-corrected chi connectivity index (χ4v) is 4.60. The molecule has 0 aliphatic carbocycles. The van der Waals surface area contributed by atoms with Crippen LogP contribution in [0.15, 0.2) is 42.7 Å². The second-order valence-corrected chi connectivity index (χ2v) is 8.19. The summed E-state index contributed by atoms with van der Waals surface area (Å²) < 4.78 is 1.95. The Hall–Kier alpha value is -3.00. The summed E-state index contributed by atoms with van der Waals surface area (Å²) in [5, 5.41) is 3.57. The monoisotopic (exact) mass is 409 g/mol. The average molecular weight is 410 g/mol. The number of nitrogens with one attached hydrogen (secondary N) is 1. The van der Waals surface area contributed by atoms with E-state index in [0.717, 1.165) is 22.0 Å². The van der Waals surface area contributed by atoms with Gasteiger partial charge < -0.3 is 14.8 Å². The third-order valence-electron chi connectivity index (χ3n) is 5.24. The molecule has 7 nitrogen and oxygen atoms in total. The number of aromatic nitrogens is 3. The number of nitrogens with zero attached hydrogens (tertiary/aromatic N) is 4. The van der Waals surface area contributed by atoms with Crippen molar-refractivity contribution in [2.45, 2.75) is 19.8 Å². The van der Waals surface area contributed by atoms with E-state index in [1.54, 1.807) is 18.0 Å². The zero-order chi connectivity index (χ0) is 20.4. The minimum Gasteiger partial charge on any atom is -0.343 e. The molecular weight excluding hydrogens is 386 g/mol. The maximum atomic E-state index is 12.8. The van der Waals surface area contributed by atoms with Crippen LogP contribution in [-0.4, -0.2) is 44.3 Å². The van der Waals surface area contributed by atoms with E-state index in [0.29, 0.717) is 31.1 Å². The van der Waals surface area contributed by atoms with Gasteiger partial charge in [0.05, 0.1) is 10.6 Å². The fraction of sp³-hybridized carbons (Fsp3) is 0.333. The van der Waals surface area contributed by atoms with Crippen molar-refractivity contribution >= 4 is 28.3 Å². The van der Waals surface area contributed by atoms with Gasteiger partial charge in [-0.3, -0.25) is 9.59 Å². The molecule has 1 fully saturated rings. The predicted octanol–water partition coefficient (Wildman–Crippen LogP) is 3.41. The van der Waals surface area contributed by atoms with Gasteiger partial charge >= 0.3 is 0 Å². The average Bonchev–Trinajstić information content (AvgIpc) is 3.34. The summed E-state index contributed by atoms with van der Waals surface area (Å²) in [5.41, 5.74) is 1.80. The third kappa shape index (κ3) is 4.07. The van der Waals surface area contributed by atoms with Gasteiger partial charge in [0.15, 0.2) is 11.0 Å². The predicted molar refractivity (Wildman–Crippen MR) is 113 cm³/mol. The van der Waals surface area contributed by atoms with E-state index >= 15 is 0 Å². The molecule has 0 spiro atoms. The second kappa shape index (κ2) is 8.16. The first-order valence-electron chi connectivity index (χ1n) is 9.63. The second-order valence-electron chi connectivity index (χ2n) is 7.19. The molecule has 0 radical (unpaired) electrons. The highest BCUT2D eigenvalue weighted by molar-refractivity contribution is 7.19. The van der Waals surface area contributed by atoms with Crippen LogP contribution >= 0.6 is 11.3 Å². The van der Waals surface area contributed by atoms with Crippen LogP contribution in [-0.2, 0) is 16.6 Å². The van der Waals surface area contributed by atoms with Crippen molar-refractivity contribution < 1.29 is 9.59 Å². The summed E-state index contributed by atoms with van der Waals surface area (Å²) in [6.07, 6.45) is 5.00. The number of imidazole rings is 1. The molecule has 3 heterocycles. The van der Waals surface area contributed by atoms with E-state index in [2.05, 4.69) is 10.3 Å². The maximum absolute atomic E-state index is 12.8. The first kappa shape index (κ1) is 19.3. The van der Waals surface area contributed by atoms with Crippen LogP contribution in [0.4, 0.5) is 5.13 Å². The Kier molecular flexibility index (Phi) is 5.44. The van der Waals surface area contributed by atoms with Gasteiger partial charge in [0.25, 0.3) is 0 Å². The Morgan fingerprint density at radius 3 is 2.52 bits per heavy atom. The molecule has 1 aliphatic heterocycles. The molecule has 1 aromatic carbocycles. The normalized spacial score (nSPS) is 14.8. The Morgan fingerprint density at radius 1 is 1.17 bits per heavy atom. The van der Waals surface area contributed by atoms with Gasteiger partial charge in [-0.1, -0.05) is 41.7 Å². The zero-order valence-corrected chi connectivity index (χ0v) is 17.3. The highest BCUT2D eigenvalue weighted by atomic mass is 32.1. The summed E-state index contributed by atoms with van der Waals surface area (Å²) in [7, 11) is 1.94. The van der Waals surface area contributed by atoms with Gasteiger partial charge in [-0.05, 0) is 12.8 Å². The van der Waals surface area contributed by atoms with Crippen LogP contribution < -0.4 is 5.32 Å². The number of benzene rings is 1. The lowest BCUT2D eigenvalue weighted by atomic mass is 9.96. The lowest BCUT2D eigenvalue weighted by Gasteiger charge is -2.30. The van der Waals surface area contributed by atoms with E-state index in [9.17, 15) is 9.59 Å². The molecule has 1 aliphatic rings. The lowest BCUT2D eigenvalue weighted by Crippen LogP contribution is -2.40. The number of rotatable bonds is 4. The van der Waals surface area contributed by atoms with E-state index in [4.69, 9.17) is 4.98 Å². The first-order chi connectivity index (χ1) is 14.0. The molecule has 150 valence electrons. The van der Waals surface area contributed by atoms with Crippen molar-refractivity contribution in [3.8, 4) is 22.0 Å². The summed E-state index contributed by atoms with van der Waals surface area (Å²) in [4.78, 5) is 36.2. The number of hydrogen-bond acceptors (Lipinski definition) is 5. The minimum absolute atomic E-state index is 0.0343. The van der Waals surface area contributed by atoms with Crippen molar-refractivity contribution in [1.82, 2.24) is 19.4 Å². The fourth-order valence-electron chi connectivity index (χ4n) is 3.57. The van der Waals surface area contributed by atoms with E-state index in [-0.39, 0.29) is 17.7 Å². The Balaban J connectivity index is 1.57. The summed E-state index contributed by atoms with van der Waals surface area (Å²) >= 11 is 1.43. The molecule has 1 saturated heterocycles. The van der Waals surface area contributed by atoms with Crippen LogP contribution in [0.3, 0.4) is 0 Å². The molecule has 2 amide bonds. The Bertz CT molecular complexity index is 1020. The number of thiazole rings is 1. The number of hydrogen-bond donors (Lipinski definition) is 1. The smallest absolute Gasteiger partial charge is 0.229 e. The van der Waals surface area contributed by atoms with Crippen molar-refractivity contribution in [3.05, 3.63) is 42.7 Å². The molecule has 2 aromatic heterocycles. The summed E-state index contributed by atoms with van der Waals surface area (Å²) in [6.45, 7) is 2.82. The van der Waals surface area contributed by atoms with Crippen LogP contribution in [0.5, 0.6) is 0 Å². The van der Waals surface area contributed by atoms with Gasteiger partial charge in [0, 0.05) is 50.9 Å². The standard InChI is InChI=1S/C21H23N5O2S/c1-14(27)26-11-8-16(9-12-26)20(28)24-21-23-17(15-6-4-3-5-7-15)18(29-21)19-22-10-13-25(19)2/h3-7,10,13,16H,8-9,11-12H2,1-2H3,(H,23,24,28). The van der Waals surface area contributed by atoms with Crippen LogP contribution in [0.1, 0.15) is 19.8 Å². The van der Waals surface area contributed by atoms with Gasteiger partial charge in [-0.2, -0.15) is 0 Å². The Labute approximate surface area is 173 Å². The van der Waals surface area contributed by atoms with Crippen molar-refractivity contribution in [2.24, 2.45) is 13.0 Å². The SMILES string of the molecule is CC(=O)N1CCC(C(=O)Nc2nc(-c3ccccc3)c(-c3nccn3C)s2)CC1. The van der Waals surface area contributed by atoms with Crippen molar-refractivity contribution in [3.63, 3.8) is 0 Å². The molecule has 4 rings (SSSR count). The maximum Gasteiger partial charge on any atom is 0.229 e. The van der Waals surface area contributed by atoms with Crippen LogP contribution in [0.2, 0.25) is 0 Å². The number of carbonyl (C=O) groups is 2. The lowest BCUT2D eigenvalue weighted by molar-refractivity contribution is -0.132. The van der Waals surface area contributed by atoms with Crippen LogP contribution in [0.25, 0.3) is 22.0 Å². The molecule has 8 heteroatoms.